The van der Waals surface area contributed by atoms with Gasteiger partial charge >= 0.3 is 6.03 Å². The van der Waals surface area contributed by atoms with Gasteiger partial charge in [0.05, 0.1) is 17.5 Å². The zero-order valence-electron chi connectivity index (χ0n) is 26.5. The number of benzene rings is 3. The third-order valence-corrected chi connectivity index (χ3v) is 8.91. The smallest absolute Gasteiger partial charge is 0.328 e. The fraction of sp³-hybridized carbons (Fsp3) is 0.278. The van der Waals surface area contributed by atoms with E-state index in [1.165, 1.54) is 73.0 Å². The third kappa shape index (κ3) is 8.55. The molecule has 1 fully saturated rings. The second kappa shape index (κ2) is 16.2. The fourth-order valence-corrected chi connectivity index (χ4v) is 6.47. The zero-order chi connectivity index (χ0) is 33.2. The maximum absolute atomic E-state index is 15.1. The van der Waals surface area contributed by atoms with Gasteiger partial charge in [0.2, 0.25) is 5.91 Å². The van der Waals surface area contributed by atoms with E-state index in [-0.39, 0.29) is 23.1 Å². The lowest BCUT2D eigenvalue weighted by atomic mass is 10.1. The van der Waals surface area contributed by atoms with Crippen LogP contribution in [0.2, 0.25) is 0 Å². The highest BCUT2D eigenvalue weighted by Gasteiger charge is 2.34. The number of piperidine rings is 1. The van der Waals surface area contributed by atoms with E-state index in [4.69, 9.17) is 4.74 Å². The van der Waals surface area contributed by atoms with Crippen LogP contribution in [0, 0.1) is 5.82 Å². The van der Waals surface area contributed by atoms with Crippen molar-refractivity contribution in [3.63, 3.8) is 0 Å². The number of aromatic nitrogens is 2. The average molecular weight is 655 g/mol. The molecule has 9 nitrogen and oxygen atoms in total. The first-order chi connectivity index (χ1) is 22.9. The molecule has 0 spiro atoms. The Labute approximate surface area is 279 Å². The topological polar surface area (TPSA) is 99.7 Å². The van der Waals surface area contributed by atoms with E-state index in [9.17, 15) is 9.59 Å². The second-order valence-corrected chi connectivity index (χ2v) is 12.1. The predicted molar refractivity (Wildman–Crippen MR) is 185 cm³/mol. The first kappa shape index (κ1) is 33.6. The molecule has 0 bridgehead atoms. The minimum atomic E-state index is -0.625. The highest BCUT2D eigenvalue weighted by Crippen LogP contribution is 2.40. The van der Waals surface area contributed by atoms with Crippen molar-refractivity contribution in [2.24, 2.45) is 0 Å². The van der Waals surface area contributed by atoms with Crippen molar-refractivity contribution in [1.29, 1.82) is 0 Å². The Kier molecular flexibility index (Phi) is 11.6. The molecular formula is C36H39FN6O3S. The Balaban J connectivity index is 0.00000213. The number of halogens is 1. The van der Waals surface area contributed by atoms with Gasteiger partial charge in [0.15, 0.2) is 17.4 Å². The number of likely N-dealkylation sites (tertiary alicyclic amines) is 1. The summed E-state index contributed by atoms with van der Waals surface area (Å²) < 4.78 is 20.8. The number of nitrogens with zero attached hydrogens (tertiary/aromatic N) is 4. The molecule has 3 heterocycles. The van der Waals surface area contributed by atoms with Crippen LogP contribution in [0.25, 0.3) is 0 Å². The minimum absolute atomic E-state index is 0.0352. The SMILES string of the molecule is C=C.CC1NC(=O)N(c2ccc(Oc3ccccc3)c(F)c2)c2ncnc(SCC(=O)Nc3ccc(CCN4CCCCC4)cc3)c21. The van der Waals surface area contributed by atoms with Crippen molar-refractivity contribution in [1.82, 2.24) is 20.2 Å². The van der Waals surface area contributed by atoms with E-state index in [0.29, 0.717) is 22.2 Å². The van der Waals surface area contributed by atoms with Gasteiger partial charge in [-0.25, -0.2) is 24.1 Å². The normalized spacial score (nSPS) is 15.9. The van der Waals surface area contributed by atoms with E-state index in [1.54, 1.807) is 30.3 Å². The monoisotopic (exact) mass is 654 g/mol. The van der Waals surface area contributed by atoms with E-state index < -0.39 is 17.9 Å². The van der Waals surface area contributed by atoms with E-state index in [2.05, 4.69) is 50.8 Å². The molecule has 2 aliphatic heterocycles. The molecule has 244 valence electrons. The van der Waals surface area contributed by atoms with Crippen molar-refractivity contribution >= 4 is 40.9 Å². The maximum atomic E-state index is 15.1. The number of amides is 3. The van der Waals surface area contributed by atoms with Crippen LogP contribution in [0.4, 0.5) is 26.4 Å². The number of anilines is 3. The van der Waals surface area contributed by atoms with Crippen LogP contribution in [0.1, 0.15) is 43.4 Å². The number of fused-ring (bicyclic) bond motifs is 1. The molecule has 3 amide bonds. The van der Waals surface area contributed by atoms with E-state index in [0.717, 1.165) is 18.7 Å². The minimum Gasteiger partial charge on any atom is -0.454 e. The Bertz CT molecular complexity index is 1670. The van der Waals surface area contributed by atoms with Gasteiger partial charge in [-0.15, -0.1) is 13.2 Å². The number of nitrogens with one attached hydrogen (secondary N) is 2. The highest BCUT2D eigenvalue weighted by atomic mass is 32.2. The number of carbonyl (C=O) groups is 2. The first-order valence-electron chi connectivity index (χ1n) is 15.7. The molecule has 0 aliphatic carbocycles. The molecule has 2 aliphatic rings. The van der Waals surface area contributed by atoms with Crippen molar-refractivity contribution in [3.05, 3.63) is 109 Å². The Morgan fingerprint density at radius 3 is 2.51 bits per heavy atom. The lowest BCUT2D eigenvalue weighted by molar-refractivity contribution is -0.113. The Hall–Kier alpha value is -4.74. The molecule has 0 saturated carbocycles. The van der Waals surface area contributed by atoms with Gasteiger partial charge in [-0.3, -0.25) is 4.79 Å². The zero-order valence-corrected chi connectivity index (χ0v) is 27.3. The number of thioether (sulfide) groups is 1. The van der Waals surface area contributed by atoms with Crippen LogP contribution in [-0.4, -0.2) is 52.2 Å². The van der Waals surface area contributed by atoms with Gasteiger partial charge < -0.3 is 20.3 Å². The summed E-state index contributed by atoms with van der Waals surface area (Å²) in [5.41, 5.74) is 2.92. The molecule has 1 aromatic heterocycles. The quantitative estimate of drug-likeness (QED) is 0.102. The van der Waals surface area contributed by atoms with Crippen molar-refractivity contribution in [2.75, 3.05) is 35.6 Å². The molecule has 1 saturated heterocycles. The van der Waals surface area contributed by atoms with Crippen LogP contribution in [0.3, 0.4) is 0 Å². The van der Waals surface area contributed by atoms with Crippen molar-refractivity contribution in [2.45, 2.75) is 43.7 Å². The number of hydrogen-bond donors (Lipinski definition) is 2. The predicted octanol–water partition coefficient (Wildman–Crippen LogP) is 7.89. The molecule has 2 N–H and O–H groups in total. The summed E-state index contributed by atoms with van der Waals surface area (Å²) in [5.74, 6) is 0.181. The molecule has 3 aromatic carbocycles. The molecular weight excluding hydrogens is 616 g/mol. The maximum Gasteiger partial charge on any atom is 0.328 e. The van der Waals surface area contributed by atoms with Gasteiger partial charge in [0, 0.05) is 23.9 Å². The lowest BCUT2D eigenvalue weighted by Crippen LogP contribution is -2.44. The molecule has 1 atom stereocenters. The summed E-state index contributed by atoms with van der Waals surface area (Å²) in [6, 6.07) is 20.3. The summed E-state index contributed by atoms with van der Waals surface area (Å²) in [6.07, 6.45) is 6.24. The summed E-state index contributed by atoms with van der Waals surface area (Å²) in [7, 11) is 0. The summed E-state index contributed by atoms with van der Waals surface area (Å²) >= 11 is 1.26. The van der Waals surface area contributed by atoms with Crippen LogP contribution in [0.15, 0.2) is 97.3 Å². The summed E-state index contributed by atoms with van der Waals surface area (Å²) in [5, 5.41) is 6.42. The number of ether oxygens (including phenoxy) is 1. The average Bonchev–Trinajstić information content (AvgIpc) is 3.10. The van der Waals surface area contributed by atoms with Gasteiger partial charge in [-0.1, -0.05) is 48.5 Å². The van der Waals surface area contributed by atoms with Crippen LogP contribution >= 0.6 is 11.8 Å². The van der Waals surface area contributed by atoms with E-state index >= 15 is 4.39 Å². The highest BCUT2D eigenvalue weighted by molar-refractivity contribution is 8.00. The number of urea groups is 1. The number of carbonyl (C=O) groups excluding carboxylic acids is 2. The van der Waals surface area contributed by atoms with Crippen LogP contribution < -0.4 is 20.3 Å². The largest absolute Gasteiger partial charge is 0.454 e. The van der Waals surface area contributed by atoms with Gasteiger partial charge in [0.25, 0.3) is 0 Å². The molecule has 4 aromatic rings. The van der Waals surface area contributed by atoms with Gasteiger partial charge in [0.1, 0.15) is 17.1 Å². The van der Waals surface area contributed by atoms with Crippen LogP contribution in [0.5, 0.6) is 11.5 Å². The molecule has 0 radical (unpaired) electrons. The number of hydrogen-bond acceptors (Lipinski definition) is 7. The van der Waals surface area contributed by atoms with Crippen molar-refractivity contribution in [3.8, 4) is 11.5 Å². The Morgan fingerprint density at radius 1 is 1.04 bits per heavy atom. The van der Waals surface area contributed by atoms with Gasteiger partial charge in [-0.2, -0.15) is 0 Å². The second-order valence-electron chi connectivity index (χ2n) is 11.1. The Morgan fingerprint density at radius 2 is 1.79 bits per heavy atom. The standard InChI is InChI=1S/C34H35FN6O3S.C2H4/c1-23-31-32(41(34(43)38-23)26-14-15-29(28(35)20-26)44-27-8-4-2-5-9-27)36-22-37-33(31)45-21-30(42)39-25-12-10-24(11-13-25)16-19-40-17-6-3-7-18-40;1-2/h2,4-5,8-15,20,22-23H,3,6-7,16-19,21H2,1H3,(H,38,43)(H,39,42);1-2H2. The summed E-state index contributed by atoms with van der Waals surface area (Å²) in [6.45, 7) is 11.2. The van der Waals surface area contributed by atoms with Crippen molar-refractivity contribution < 1.29 is 18.7 Å². The number of rotatable bonds is 10. The van der Waals surface area contributed by atoms with Crippen LogP contribution in [-0.2, 0) is 11.2 Å². The lowest BCUT2D eigenvalue weighted by Gasteiger charge is -2.33. The first-order valence-corrected chi connectivity index (χ1v) is 16.6. The molecule has 11 heteroatoms. The molecule has 47 heavy (non-hydrogen) atoms. The fourth-order valence-electron chi connectivity index (χ4n) is 5.58. The molecule has 6 rings (SSSR count). The third-order valence-electron chi connectivity index (χ3n) is 7.90. The molecule has 1 unspecified atom stereocenters. The number of para-hydroxylation sites is 1. The summed E-state index contributed by atoms with van der Waals surface area (Å²) in [4.78, 5) is 38.6. The van der Waals surface area contributed by atoms with Gasteiger partial charge in [-0.05, 0) is 81.2 Å². The van der Waals surface area contributed by atoms with E-state index in [1.807, 2.05) is 25.1 Å².